The van der Waals surface area contributed by atoms with Gasteiger partial charge in [0.25, 0.3) is 0 Å². The van der Waals surface area contributed by atoms with Crippen LogP contribution in [0, 0.1) is 0 Å². The van der Waals surface area contributed by atoms with Crippen molar-refractivity contribution < 1.29 is 17.0 Å². The van der Waals surface area contributed by atoms with Crippen molar-refractivity contribution in [1.29, 1.82) is 0 Å². The summed E-state index contributed by atoms with van der Waals surface area (Å²) < 4.78 is 38.3. The van der Waals surface area contributed by atoms with E-state index >= 15 is 0 Å². The Hall–Kier alpha value is -0.940. The smallest absolute Gasteiger partial charge is 0.307 e. The average molecular weight is 232 g/mol. The number of hydrogen-bond donors (Lipinski definition) is 0. The van der Waals surface area contributed by atoms with E-state index in [4.69, 9.17) is 4.74 Å². The highest BCUT2D eigenvalue weighted by Gasteiger charge is 2.19. The molecule has 0 aliphatic heterocycles. The van der Waals surface area contributed by atoms with Gasteiger partial charge in [-0.1, -0.05) is 30.3 Å². The molecular weight excluding hydrogens is 219 g/mol. The van der Waals surface area contributed by atoms with E-state index in [1.807, 2.05) is 30.3 Å². The van der Waals surface area contributed by atoms with Crippen molar-refractivity contribution in [2.75, 3.05) is 6.61 Å². The van der Waals surface area contributed by atoms with Gasteiger partial charge in [-0.25, -0.2) is 0 Å². The predicted octanol–water partition coefficient (Wildman–Crippen LogP) is 1.89. The van der Waals surface area contributed by atoms with Gasteiger partial charge in [-0.2, -0.15) is 8.42 Å². The van der Waals surface area contributed by atoms with Crippen LogP contribution < -0.4 is 0 Å². The van der Waals surface area contributed by atoms with E-state index < -0.39 is 15.5 Å². The monoisotopic (exact) mass is 232 g/mol. The summed E-state index contributed by atoms with van der Waals surface area (Å²) in [6.07, 6.45) is 0. The first-order valence-electron chi connectivity index (χ1n) is 4.55. The second-order valence-corrected chi connectivity index (χ2v) is 5.04. The van der Waals surface area contributed by atoms with Crippen LogP contribution in [-0.2, 0) is 21.6 Å². The van der Waals surface area contributed by atoms with E-state index in [1.54, 1.807) is 0 Å². The Kier molecular flexibility index (Phi) is 4.23. The summed E-state index contributed by atoms with van der Waals surface area (Å²) in [4.78, 5) is 0. The molecule has 1 atom stereocenters. The molecule has 1 aromatic carbocycles. The zero-order valence-electron chi connectivity index (χ0n) is 8.39. The van der Waals surface area contributed by atoms with Crippen molar-refractivity contribution in [2.45, 2.75) is 18.8 Å². The van der Waals surface area contributed by atoms with Gasteiger partial charge in [0.1, 0.15) is 5.25 Å². The number of ether oxygens (including phenoxy) is 1. The molecule has 0 heterocycles. The highest BCUT2D eigenvalue weighted by atomic mass is 32.3. The van der Waals surface area contributed by atoms with Gasteiger partial charge in [0, 0.05) is 0 Å². The van der Waals surface area contributed by atoms with Gasteiger partial charge < -0.3 is 4.74 Å². The van der Waals surface area contributed by atoms with Gasteiger partial charge in [0.05, 0.1) is 13.2 Å². The second kappa shape index (κ2) is 5.23. The standard InChI is InChI=1S/C10H13FO3S/c1-9(15(11,12)13)7-14-8-10-5-3-2-4-6-10/h2-6,9H,7-8H2,1H3. The quantitative estimate of drug-likeness (QED) is 0.728. The molecule has 0 spiro atoms. The van der Waals surface area contributed by atoms with Crippen LogP contribution in [0.25, 0.3) is 0 Å². The van der Waals surface area contributed by atoms with Crippen LogP contribution in [0.3, 0.4) is 0 Å². The Morgan fingerprint density at radius 2 is 1.93 bits per heavy atom. The predicted molar refractivity (Wildman–Crippen MR) is 55.6 cm³/mol. The maximum Gasteiger partial charge on any atom is 0.307 e. The maximum absolute atomic E-state index is 12.4. The summed E-state index contributed by atoms with van der Waals surface area (Å²) in [6, 6.07) is 9.30. The van der Waals surface area contributed by atoms with Crippen LogP contribution in [0.15, 0.2) is 30.3 Å². The van der Waals surface area contributed by atoms with Gasteiger partial charge in [0.2, 0.25) is 0 Å². The van der Waals surface area contributed by atoms with Crippen molar-refractivity contribution >= 4 is 10.2 Å². The molecule has 1 aromatic rings. The van der Waals surface area contributed by atoms with E-state index in [2.05, 4.69) is 0 Å². The van der Waals surface area contributed by atoms with Crippen LogP contribution in [0.5, 0.6) is 0 Å². The van der Waals surface area contributed by atoms with Crippen molar-refractivity contribution in [3.05, 3.63) is 35.9 Å². The lowest BCUT2D eigenvalue weighted by molar-refractivity contribution is 0.122. The molecule has 0 aliphatic carbocycles. The Morgan fingerprint density at radius 3 is 2.47 bits per heavy atom. The van der Waals surface area contributed by atoms with Crippen LogP contribution in [-0.4, -0.2) is 20.3 Å². The molecule has 1 rings (SSSR count). The molecule has 3 nitrogen and oxygen atoms in total. The fraction of sp³-hybridized carbons (Fsp3) is 0.400. The van der Waals surface area contributed by atoms with E-state index in [0.29, 0.717) is 6.61 Å². The summed E-state index contributed by atoms with van der Waals surface area (Å²) in [7, 11) is -4.48. The van der Waals surface area contributed by atoms with E-state index in [-0.39, 0.29) is 6.61 Å². The molecular formula is C10H13FO3S. The van der Waals surface area contributed by atoms with Crippen LogP contribution in [0.1, 0.15) is 12.5 Å². The Labute approximate surface area is 89.1 Å². The largest absolute Gasteiger partial charge is 0.375 e. The van der Waals surface area contributed by atoms with Gasteiger partial charge in [-0.3, -0.25) is 0 Å². The molecule has 0 N–H and O–H groups in total. The zero-order valence-corrected chi connectivity index (χ0v) is 9.21. The SMILES string of the molecule is CC(COCc1ccccc1)S(=O)(=O)F. The topological polar surface area (TPSA) is 43.4 Å². The molecule has 0 saturated carbocycles. The first-order valence-corrected chi connectivity index (χ1v) is 6.00. The average Bonchev–Trinajstić information content (AvgIpc) is 2.18. The molecule has 84 valence electrons. The highest BCUT2D eigenvalue weighted by molar-refractivity contribution is 7.87. The molecule has 0 bridgehead atoms. The third-order valence-corrected chi connectivity index (χ3v) is 3.04. The molecule has 0 fully saturated rings. The maximum atomic E-state index is 12.4. The minimum absolute atomic E-state index is 0.131. The lowest BCUT2D eigenvalue weighted by Gasteiger charge is -2.07. The number of hydrogen-bond acceptors (Lipinski definition) is 3. The Balaban J connectivity index is 2.35. The van der Waals surface area contributed by atoms with Crippen LogP contribution in [0.2, 0.25) is 0 Å². The summed E-state index contributed by atoms with van der Waals surface area (Å²) in [5.74, 6) is 0. The fourth-order valence-electron chi connectivity index (χ4n) is 0.998. The summed E-state index contributed by atoms with van der Waals surface area (Å²) in [5.41, 5.74) is 0.931. The number of halogens is 1. The molecule has 0 saturated heterocycles. The van der Waals surface area contributed by atoms with Crippen molar-refractivity contribution in [3.63, 3.8) is 0 Å². The van der Waals surface area contributed by atoms with E-state index in [9.17, 15) is 12.3 Å². The lowest BCUT2D eigenvalue weighted by atomic mass is 10.2. The summed E-state index contributed by atoms with van der Waals surface area (Å²) in [5, 5.41) is -1.11. The third kappa shape index (κ3) is 4.40. The van der Waals surface area contributed by atoms with Crippen LogP contribution >= 0.6 is 0 Å². The van der Waals surface area contributed by atoms with Gasteiger partial charge >= 0.3 is 10.2 Å². The zero-order chi connectivity index (χ0) is 11.3. The fourth-order valence-corrected chi connectivity index (χ4v) is 1.26. The molecule has 0 aromatic heterocycles. The summed E-state index contributed by atoms with van der Waals surface area (Å²) >= 11 is 0. The van der Waals surface area contributed by atoms with Crippen molar-refractivity contribution in [1.82, 2.24) is 0 Å². The second-order valence-electron chi connectivity index (χ2n) is 3.29. The third-order valence-electron chi connectivity index (χ3n) is 1.94. The molecule has 1 unspecified atom stereocenters. The van der Waals surface area contributed by atoms with Crippen molar-refractivity contribution in [2.24, 2.45) is 0 Å². The van der Waals surface area contributed by atoms with E-state index in [1.165, 1.54) is 6.92 Å². The normalized spacial score (nSPS) is 13.7. The molecule has 0 aliphatic rings. The first-order chi connectivity index (χ1) is 7.00. The lowest BCUT2D eigenvalue weighted by Crippen LogP contribution is -2.19. The van der Waals surface area contributed by atoms with Crippen LogP contribution in [0.4, 0.5) is 3.89 Å². The summed E-state index contributed by atoms with van der Waals surface area (Å²) in [6.45, 7) is 1.44. The molecule has 5 heteroatoms. The van der Waals surface area contributed by atoms with E-state index in [0.717, 1.165) is 5.56 Å². The van der Waals surface area contributed by atoms with Gasteiger partial charge in [-0.15, -0.1) is 3.89 Å². The first kappa shape index (κ1) is 12.1. The van der Waals surface area contributed by atoms with Crippen molar-refractivity contribution in [3.8, 4) is 0 Å². The minimum Gasteiger partial charge on any atom is -0.375 e. The number of rotatable bonds is 5. The van der Waals surface area contributed by atoms with Gasteiger partial charge in [0.15, 0.2) is 0 Å². The molecule has 0 radical (unpaired) electrons. The van der Waals surface area contributed by atoms with Gasteiger partial charge in [-0.05, 0) is 12.5 Å². The highest BCUT2D eigenvalue weighted by Crippen LogP contribution is 2.06. The Morgan fingerprint density at radius 1 is 1.33 bits per heavy atom. The molecule has 0 amide bonds. The Bertz CT molecular complexity index is 388. The molecule has 15 heavy (non-hydrogen) atoms. The number of benzene rings is 1. The minimum atomic E-state index is -4.48.